The van der Waals surface area contributed by atoms with Gasteiger partial charge in [0.1, 0.15) is 12.4 Å². The van der Waals surface area contributed by atoms with Gasteiger partial charge in [-0.25, -0.2) is 4.98 Å². The number of thiazole rings is 1. The van der Waals surface area contributed by atoms with Crippen LogP contribution in [0, 0.1) is 12.3 Å². The Labute approximate surface area is 137 Å². The number of carbonyl (C=O) groups excluding carboxylic acids is 1. The Hall–Kier alpha value is -2.72. The molecule has 0 saturated carbocycles. The molecule has 0 spiro atoms. The zero-order chi connectivity index (χ0) is 16.4. The van der Waals surface area contributed by atoms with Crippen LogP contribution in [0.2, 0.25) is 0 Å². The van der Waals surface area contributed by atoms with Crippen molar-refractivity contribution in [2.75, 3.05) is 24.8 Å². The summed E-state index contributed by atoms with van der Waals surface area (Å²) in [6.07, 6.45) is 5.57. The molecule has 0 bridgehead atoms. The Balaban J connectivity index is 2.01. The van der Waals surface area contributed by atoms with Gasteiger partial charge in [-0.3, -0.25) is 4.79 Å². The molecular formula is C16H15N3O3S. The predicted molar refractivity (Wildman–Crippen MR) is 88.9 cm³/mol. The third kappa shape index (κ3) is 2.94. The average molecular weight is 329 g/mol. The zero-order valence-corrected chi connectivity index (χ0v) is 13.3. The quantitative estimate of drug-likeness (QED) is 0.840. The number of aromatic nitrogens is 1. The molecule has 1 aromatic heterocycles. The van der Waals surface area contributed by atoms with Gasteiger partial charge in [-0.15, -0.1) is 6.42 Å². The normalized spacial score (nSPS) is 16.2. The predicted octanol–water partition coefficient (Wildman–Crippen LogP) is 2.22. The van der Waals surface area contributed by atoms with Crippen LogP contribution < -0.4 is 20.5 Å². The molecule has 23 heavy (non-hydrogen) atoms. The average Bonchev–Trinajstić information content (AvgIpc) is 2.91. The number of nitrogens with two attached hydrogens (primary N) is 1. The molecule has 1 amide bonds. The standard InChI is InChI=1S/C16H15N3O3S/c1-3-6-22-12-7-9(4-5-11(12)21-2)10-8-13(20)18-15-14(10)23-16(17)19-15/h1,4-5,7,10H,6,8H2,2H3,(H2,17,19)(H,18,20)/t10-/m0/s1. The van der Waals surface area contributed by atoms with E-state index in [0.29, 0.717) is 28.9 Å². The first-order valence-electron chi connectivity index (χ1n) is 6.92. The van der Waals surface area contributed by atoms with Gasteiger partial charge in [0.15, 0.2) is 16.6 Å². The van der Waals surface area contributed by atoms with Crippen molar-refractivity contribution in [2.24, 2.45) is 0 Å². The molecule has 1 atom stereocenters. The van der Waals surface area contributed by atoms with E-state index in [4.69, 9.17) is 21.6 Å². The zero-order valence-electron chi connectivity index (χ0n) is 12.5. The summed E-state index contributed by atoms with van der Waals surface area (Å²) in [5.74, 6) is 3.90. The molecule has 0 saturated heterocycles. The molecule has 2 heterocycles. The van der Waals surface area contributed by atoms with Crippen LogP contribution in [0.5, 0.6) is 11.5 Å². The van der Waals surface area contributed by atoms with Crippen molar-refractivity contribution < 1.29 is 14.3 Å². The van der Waals surface area contributed by atoms with E-state index in [9.17, 15) is 4.79 Å². The number of rotatable bonds is 4. The molecule has 118 valence electrons. The molecular weight excluding hydrogens is 314 g/mol. The van der Waals surface area contributed by atoms with Gasteiger partial charge in [0, 0.05) is 12.3 Å². The third-order valence-corrected chi connectivity index (χ3v) is 4.53. The highest BCUT2D eigenvalue weighted by Crippen LogP contribution is 2.43. The highest BCUT2D eigenvalue weighted by Gasteiger charge is 2.30. The number of amides is 1. The smallest absolute Gasteiger partial charge is 0.226 e. The lowest BCUT2D eigenvalue weighted by Crippen LogP contribution is -2.22. The van der Waals surface area contributed by atoms with Crippen molar-refractivity contribution in [3.05, 3.63) is 28.6 Å². The van der Waals surface area contributed by atoms with Gasteiger partial charge in [-0.2, -0.15) is 0 Å². The van der Waals surface area contributed by atoms with E-state index in [1.165, 1.54) is 11.3 Å². The largest absolute Gasteiger partial charge is 0.493 e. The molecule has 6 nitrogen and oxygen atoms in total. The number of fused-ring (bicyclic) bond motifs is 1. The minimum absolute atomic E-state index is 0.0882. The first-order chi connectivity index (χ1) is 11.1. The maximum absolute atomic E-state index is 11.9. The summed E-state index contributed by atoms with van der Waals surface area (Å²) >= 11 is 1.38. The van der Waals surface area contributed by atoms with Crippen LogP contribution in [0.1, 0.15) is 22.8 Å². The lowest BCUT2D eigenvalue weighted by Gasteiger charge is -2.22. The van der Waals surface area contributed by atoms with Crippen LogP contribution in [0.25, 0.3) is 0 Å². The highest BCUT2D eigenvalue weighted by molar-refractivity contribution is 7.16. The fourth-order valence-electron chi connectivity index (χ4n) is 2.55. The second-order valence-electron chi connectivity index (χ2n) is 4.97. The minimum Gasteiger partial charge on any atom is -0.493 e. The number of nitrogens with one attached hydrogen (secondary N) is 1. The molecule has 3 N–H and O–H groups in total. The number of carbonyl (C=O) groups is 1. The van der Waals surface area contributed by atoms with E-state index in [0.717, 1.165) is 10.4 Å². The Kier molecular flexibility index (Phi) is 4.08. The monoisotopic (exact) mass is 329 g/mol. The van der Waals surface area contributed by atoms with Crippen molar-refractivity contribution in [3.8, 4) is 23.8 Å². The summed E-state index contributed by atoms with van der Waals surface area (Å²) in [5.41, 5.74) is 6.70. The molecule has 0 aliphatic carbocycles. The lowest BCUT2D eigenvalue weighted by atomic mass is 9.91. The summed E-state index contributed by atoms with van der Waals surface area (Å²) in [7, 11) is 1.56. The van der Waals surface area contributed by atoms with Crippen molar-refractivity contribution >= 4 is 28.2 Å². The van der Waals surface area contributed by atoms with Gasteiger partial charge < -0.3 is 20.5 Å². The number of benzene rings is 1. The number of nitrogens with zero attached hydrogens (tertiary/aromatic N) is 1. The Morgan fingerprint density at radius 3 is 3.09 bits per heavy atom. The van der Waals surface area contributed by atoms with Crippen molar-refractivity contribution in [3.63, 3.8) is 0 Å². The fraction of sp³-hybridized carbons (Fsp3) is 0.250. The first-order valence-corrected chi connectivity index (χ1v) is 7.74. The second kappa shape index (κ2) is 6.18. The first kappa shape index (κ1) is 15.2. The number of hydrogen-bond donors (Lipinski definition) is 2. The molecule has 1 aromatic carbocycles. The maximum Gasteiger partial charge on any atom is 0.226 e. The molecule has 0 unspecified atom stereocenters. The molecule has 0 fully saturated rings. The van der Waals surface area contributed by atoms with E-state index in [1.807, 2.05) is 12.1 Å². The van der Waals surface area contributed by atoms with Crippen LogP contribution in [0.4, 0.5) is 10.9 Å². The number of anilines is 2. The molecule has 2 aromatic rings. The SMILES string of the molecule is C#CCOc1cc([C@@H]2CC(=O)Nc3nc(N)sc32)ccc1OC. The van der Waals surface area contributed by atoms with Crippen molar-refractivity contribution in [1.82, 2.24) is 4.98 Å². The summed E-state index contributed by atoms with van der Waals surface area (Å²) in [4.78, 5) is 17.0. The molecule has 1 aliphatic heterocycles. The van der Waals surface area contributed by atoms with Gasteiger partial charge in [0.05, 0.1) is 12.0 Å². The van der Waals surface area contributed by atoms with E-state index in [-0.39, 0.29) is 18.4 Å². The molecule has 0 radical (unpaired) electrons. The maximum atomic E-state index is 11.9. The summed E-state index contributed by atoms with van der Waals surface area (Å²) in [6, 6.07) is 5.56. The topological polar surface area (TPSA) is 86.5 Å². The minimum atomic E-state index is -0.118. The molecule has 7 heteroatoms. The van der Waals surface area contributed by atoms with E-state index in [2.05, 4.69) is 16.2 Å². The number of terminal acetylenes is 1. The van der Waals surface area contributed by atoms with Crippen LogP contribution in [-0.4, -0.2) is 24.6 Å². The number of ether oxygens (including phenoxy) is 2. The van der Waals surface area contributed by atoms with Gasteiger partial charge in [0.2, 0.25) is 5.91 Å². The summed E-state index contributed by atoms with van der Waals surface area (Å²) < 4.78 is 10.8. The van der Waals surface area contributed by atoms with E-state index < -0.39 is 0 Å². The van der Waals surface area contributed by atoms with Crippen molar-refractivity contribution in [2.45, 2.75) is 12.3 Å². The summed E-state index contributed by atoms with van der Waals surface area (Å²) in [6.45, 7) is 0.143. The lowest BCUT2D eigenvalue weighted by molar-refractivity contribution is -0.116. The van der Waals surface area contributed by atoms with Crippen LogP contribution in [0.3, 0.4) is 0 Å². The van der Waals surface area contributed by atoms with Gasteiger partial charge >= 0.3 is 0 Å². The number of hydrogen-bond acceptors (Lipinski definition) is 6. The number of nitrogen functional groups attached to an aromatic ring is 1. The highest BCUT2D eigenvalue weighted by atomic mass is 32.1. The Morgan fingerprint density at radius 2 is 2.35 bits per heavy atom. The molecule has 1 aliphatic rings. The second-order valence-corrected chi connectivity index (χ2v) is 6.04. The third-order valence-electron chi connectivity index (χ3n) is 3.53. The summed E-state index contributed by atoms with van der Waals surface area (Å²) in [5, 5.41) is 3.18. The van der Waals surface area contributed by atoms with Crippen molar-refractivity contribution in [1.29, 1.82) is 0 Å². The van der Waals surface area contributed by atoms with Gasteiger partial charge in [-0.1, -0.05) is 23.3 Å². The van der Waals surface area contributed by atoms with Gasteiger partial charge in [0.25, 0.3) is 0 Å². The van der Waals surface area contributed by atoms with Gasteiger partial charge in [-0.05, 0) is 17.7 Å². The Bertz CT molecular complexity index is 794. The van der Waals surface area contributed by atoms with Crippen LogP contribution in [0.15, 0.2) is 18.2 Å². The number of methoxy groups -OCH3 is 1. The fourth-order valence-corrected chi connectivity index (χ4v) is 3.46. The van der Waals surface area contributed by atoms with E-state index in [1.54, 1.807) is 13.2 Å². The van der Waals surface area contributed by atoms with E-state index >= 15 is 0 Å². The van der Waals surface area contributed by atoms with Crippen LogP contribution >= 0.6 is 11.3 Å². The Morgan fingerprint density at radius 1 is 1.52 bits per heavy atom. The molecule has 3 rings (SSSR count). The van der Waals surface area contributed by atoms with Crippen LogP contribution in [-0.2, 0) is 4.79 Å².